The van der Waals surface area contributed by atoms with Gasteiger partial charge in [-0.2, -0.15) is 0 Å². The normalized spacial score (nSPS) is 12.2. The first kappa shape index (κ1) is 13.7. The number of hydrogen-bond donors (Lipinski definition) is 3. The van der Waals surface area contributed by atoms with E-state index in [0.717, 1.165) is 18.5 Å². The van der Waals surface area contributed by atoms with Crippen molar-refractivity contribution in [2.75, 3.05) is 18.4 Å². The third kappa shape index (κ3) is 4.54. The highest BCUT2D eigenvalue weighted by Crippen LogP contribution is 2.21. The molecular weight excluding hydrogens is 216 g/mol. The molecule has 1 aromatic rings. The van der Waals surface area contributed by atoms with Gasteiger partial charge in [0.05, 0.1) is 12.6 Å². The second-order valence-electron chi connectivity index (χ2n) is 3.99. The molecule has 1 rings (SSSR count). The number of carbonyl (C=O) groups is 1. The molecule has 0 aliphatic carbocycles. The number of aliphatic hydroxyl groups excluding tert-OH is 1. The molecule has 0 spiro atoms. The Balaban J connectivity index is 2.58. The van der Waals surface area contributed by atoms with Gasteiger partial charge in [0, 0.05) is 11.3 Å². The van der Waals surface area contributed by atoms with Gasteiger partial charge in [-0.15, -0.1) is 0 Å². The fourth-order valence-corrected chi connectivity index (χ4v) is 1.55. The summed E-state index contributed by atoms with van der Waals surface area (Å²) in [6.07, 6.45) is 0.410. The van der Waals surface area contributed by atoms with E-state index < -0.39 is 6.10 Å². The number of hydrogen-bond acceptors (Lipinski definition) is 3. The van der Waals surface area contributed by atoms with Crippen LogP contribution < -0.4 is 10.6 Å². The van der Waals surface area contributed by atoms with Gasteiger partial charge in [0.15, 0.2) is 0 Å². The largest absolute Gasteiger partial charge is 0.389 e. The Morgan fingerprint density at radius 1 is 1.41 bits per heavy atom. The van der Waals surface area contributed by atoms with E-state index in [1.54, 1.807) is 19.1 Å². The molecule has 0 bridgehead atoms. The van der Waals surface area contributed by atoms with Crippen LogP contribution in [-0.2, 0) is 4.79 Å². The number of aliphatic hydroxyl groups is 1. The first-order chi connectivity index (χ1) is 8.15. The molecule has 1 aromatic carbocycles. The quantitative estimate of drug-likeness (QED) is 0.658. The van der Waals surface area contributed by atoms with Crippen LogP contribution in [0.4, 0.5) is 5.69 Å². The Morgan fingerprint density at radius 2 is 2.12 bits per heavy atom. The van der Waals surface area contributed by atoms with Gasteiger partial charge in [-0.3, -0.25) is 4.79 Å². The number of rotatable bonds is 6. The van der Waals surface area contributed by atoms with Gasteiger partial charge in [-0.25, -0.2) is 0 Å². The molecule has 4 nitrogen and oxygen atoms in total. The summed E-state index contributed by atoms with van der Waals surface area (Å²) in [7, 11) is 0. The van der Waals surface area contributed by atoms with Crippen molar-refractivity contribution in [2.45, 2.75) is 26.4 Å². The third-order valence-corrected chi connectivity index (χ3v) is 2.40. The van der Waals surface area contributed by atoms with E-state index in [9.17, 15) is 9.90 Å². The zero-order valence-electron chi connectivity index (χ0n) is 10.4. The number of nitrogens with one attached hydrogen (secondary N) is 2. The minimum absolute atomic E-state index is 0.0912. The molecule has 0 aromatic heterocycles. The predicted octanol–water partition coefficient (Wildman–Crippen LogP) is 1.68. The molecule has 17 heavy (non-hydrogen) atoms. The van der Waals surface area contributed by atoms with Crippen molar-refractivity contribution >= 4 is 11.6 Å². The van der Waals surface area contributed by atoms with E-state index >= 15 is 0 Å². The van der Waals surface area contributed by atoms with Crippen molar-refractivity contribution in [3.63, 3.8) is 0 Å². The highest BCUT2D eigenvalue weighted by atomic mass is 16.3. The van der Waals surface area contributed by atoms with E-state index in [-0.39, 0.29) is 5.91 Å². The van der Waals surface area contributed by atoms with Gasteiger partial charge in [0.1, 0.15) is 0 Å². The van der Waals surface area contributed by atoms with Gasteiger partial charge in [-0.05, 0) is 26.0 Å². The maximum atomic E-state index is 11.6. The predicted molar refractivity (Wildman–Crippen MR) is 68.9 cm³/mol. The molecule has 0 fully saturated rings. The summed E-state index contributed by atoms with van der Waals surface area (Å²) in [5.74, 6) is -0.0912. The Hall–Kier alpha value is -1.39. The molecule has 3 N–H and O–H groups in total. The minimum Gasteiger partial charge on any atom is -0.389 e. The van der Waals surface area contributed by atoms with E-state index in [1.165, 1.54) is 0 Å². The van der Waals surface area contributed by atoms with E-state index in [0.29, 0.717) is 12.2 Å². The lowest BCUT2D eigenvalue weighted by Crippen LogP contribution is -2.28. The van der Waals surface area contributed by atoms with Gasteiger partial charge in [-0.1, -0.05) is 25.1 Å². The highest BCUT2D eigenvalue weighted by Gasteiger charge is 2.09. The van der Waals surface area contributed by atoms with E-state index in [1.807, 2.05) is 19.1 Å². The number of benzene rings is 1. The number of carbonyl (C=O) groups excluding carboxylic acids is 1. The van der Waals surface area contributed by atoms with Crippen LogP contribution in [0.25, 0.3) is 0 Å². The minimum atomic E-state index is -0.588. The van der Waals surface area contributed by atoms with Crippen molar-refractivity contribution in [1.82, 2.24) is 5.32 Å². The molecule has 0 radical (unpaired) electrons. The molecule has 0 saturated heterocycles. The summed E-state index contributed by atoms with van der Waals surface area (Å²) in [6, 6.07) is 7.27. The molecule has 0 aliphatic heterocycles. The molecule has 94 valence electrons. The van der Waals surface area contributed by atoms with Crippen LogP contribution in [-0.4, -0.2) is 24.1 Å². The second-order valence-corrected chi connectivity index (χ2v) is 3.99. The van der Waals surface area contributed by atoms with Gasteiger partial charge < -0.3 is 15.7 Å². The van der Waals surface area contributed by atoms with E-state index in [2.05, 4.69) is 10.6 Å². The monoisotopic (exact) mass is 236 g/mol. The van der Waals surface area contributed by atoms with Gasteiger partial charge in [0.2, 0.25) is 5.91 Å². The highest BCUT2D eigenvalue weighted by molar-refractivity contribution is 5.93. The fraction of sp³-hybridized carbons (Fsp3) is 0.462. The summed E-state index contributed by atoms with van der Waals surface area (Å²) >= 11 is 0. The summed E-state index contributed by atoms with van der Waals surface area (Å²) in [4.78, 5) is 11.6. The van der Waals surface area contributed by atoms with E-state index in [4.69, 9.17) is 0 Å². The van der Waals surface area contributed by atoms with Crippen molar-refractivity contribution < 1.29 is 9.90 Å². The molecule has 0 aliphatic rings. The molecule has 1 unspecified atom stereocenters. The number of para-hydroxylation sites is 1. The lowest BCUT2D eigenvalue weighted by Gasteiger charge is -2.13. The number of amides is 1. The van der Waals surface area contributed by atoms with Crippen molar-refractivity contribution in [1.29, 1.82) is 0 Å². The Bertz CT molecular complexity index is 364. The summed E-state index contributed by atoms with van der Waals surface area (Å²) in [5, 5.41) is 15.4. The molecule has 1 atom stereocenters. The molecular formula is C13H20N2O2. The van der Waals surface area contributed by atoms with Crippen molar-refractivity contribution in [3.8, 4) is 0 Å². The van der Waals surface area contributed by atoms with Gasteiger partial charge in [0.25, 0.3) is 0 Å². The average Bonchev–Trinajstić information content (AvgIpc) is 2.29. The maximum Gasteiger partial charge on any atom is 0.238 e. The molecule has 4 heteroatoms. The molecule has 0 heterocycles. The number of anilines is 1. The Kier molecular flexibility index (Phi) is 5.66. The molecule has 0 saturated carbocycles. The van der Waals surface area contributed by atoms with Gasteiger partial charge >= 0.3 is 0 Å². The summed E-state index contributed by atoms with van der Waals surface area (Å²) in [5.41, 5.74) is 1.40. The van der Waals surface area contributed by atoms with Crippen molar-refractivity contribution in [3.05, 3.63) is 29.8 Å². The lowest BCUT2D eigenvalue weighted by molar-refractivity contribution is -0.115. The fourth-order valence-electron chi connectivity index (χ4n) is 1.55. The van der Waals surface area contributed by atoms with Crippen LogP contribution in [0.5, 0.6) is 0 Å². The zero-order valence-corrected chi connectivity index (χ0v) is 10.4. The first-order valence-corrected chi connectivity index (χ1v) is 5.92. The lowest BCUT2D eigenvalue weighted by atomic mass is 10.1. The molecule has 1 amide bonds. The third-order valence-electron chi connectivity index (χ3n) is 2.40. The second kappa shape index (κ2) is 7.04. The topological polar surface area (TPSA) is 61.4 Å². The Morgan fingerprint density at radius 3 is 2.76 bits per heavy atom. The van der Waals surface area contributed by atoms with Crippen LogP contribution in [0.2, 0.25) is 0 Å². The standard InChI is InChI=1S/C13H20N2O2/c1-3-8-14-9-13(17)15-12-7-5-4-6-11(12)10(2)16/h4-7,10,14,16H,3,8-9H2,1-2H3,(H,15,17). The van der Waals surface area contributed by atoms with Crippen LogP contribution in [0, 0.1) is 0 Å². The smallest absolute Gasteiger partial charge is 0.238 e. The zero-order chi connectivity index (χ0) is 12.7. The Labute approximate surface area is 102 Å². The first-order valence-electron chi connectivity index (χ1n) is 5.92. The maximum absolute atomic E-state index is 11.6. The average molecular weight is 236 g/mol. The van der Waals surface area contributed by atoms with Crippen molar-refractivity contribution in [2.24, 2.45) is 0 Å². The summed E-state index contributed by atoms with van der Waals surface area (Å²) < 4.78 is 0. The summed E-state index contributed by atoms with van der Waals surface area (Å²) in [6.45, 7) is 4.85. The van der Waals surface area contributed by atoms with Crippen LogP contribution in [0.1, 0.15) is 31.9 Å². The van der Waals surface area contributed by atoms with Crippen LogP contribution in [0.15, 0.2) is 24.3 Å². The van der Waals surface area contributed by atoms with Crippen LogP contribution >= 0.6 is 0 Å². The van der Waals surface area contributed by atoms with Crippen LogP contribution in [0.3, 0.4) is 0 Å². The SMILES string of the molecule is CCCNCC(=O)Nc1ccccc1C(C)O.